The Labute approximate surface area is 120 Å². The van der Waals surface area contributed by atoms with Crippen LogP contribution in [0.3, 0.4) is 0 Å². The lowest BCUT2D eigenvalue weighted by molar-refractivity contribution is -0.387. The summed E-state index contributed by atoms with van der Waals surface area (Å²) in [6.07, 6.45) is 0. The van der Waals surface area contributed by atoms with Crippen LogP contribution in [0.1, 0.15) is 24.2 Å². The number of nitrogens with zero attached hydrogens (tertiary/aromatic N) is 1. The second-order valence-corrected chi connectivity index (χ2v) is 4.64. The van der Waals surface area contributed by atoms with E-state index in [1.165, 1.54) is 7.11 Å². The van der Waals surface area contributed by atoms with Crippen LogP contribution in [0.25, 0.3) is 0 Å². The Morgan fingerprint density at radius 3 is 2.48 bits per heavy atom. The van der Waals surface area contributed by atoms with Gasteiger partial charge in [-0.25, -0.2) is 4.79 Å². The van der Waals surface area contributed by atoms with E-state index in [4.69, 9.17) is 0 Å². The number of hydrogen-bond donors (Lipinski definition) is 1. The second-order valence-electron chi connectivity index (χ2n) is 4.64. The van der Waals surface area contributed by atoms with Gasteiger partial charge < -0.3 is 10.1 Å². The Morgan fingerprint density at radius 1 is 1.38 bits per heavy atom. The highest BCUT2D eigenvalue weighted by molar-refractivity contribution is 5.97. The van der Waals surface area contributed by atoms with Crippen molar-refractivity contribution in [2.75, 3.05) is 7.11 Å². The molecule has 7 nitrogen and oxygen atoms in total. The summed E-state index contributed by atoms with van der Waals surface area (Å²) in [5.74, 6) is -2.63. The molecule has 1 aromatic rings. The molecular weight excluding hydrogens is 283 g/mol. The van der Waals surface area contributed by atoms with Gasteiger partial charge in [0, 0.05) is 11.6 Å². The third-order valence-electron chi connectivity index (χ3n) is 2.81. The van der Waals surface area contributed by atoms with Crippen molar-refractivity contribution < 1.29 is 23.6 Å². The number of ether oxygens (including phenoxy) is 1. The molecule has 0 aliphatic heterocycles. The van der Waals surface area contributed by atoms with E-state index in [0.29, 0.717) is 0 Å². The Hall–Kier alpha value is -2.51. The van der Waals surface area contributed by atoms with Gasteiger partial charge in [0.1, 0.15) is 6.04 Å². The number of hydrogen-bond acceptors (Lipinski definition) is 5. The van der Waals surface area contributed by atoms with Gasteiger partial charge in [-0.3, -0.25) is 14.9 Å². The fourth-order valence-corrected chi connectivity index (χ4v) is 1.64. The Balaban J connectivity index is 3.01. The molecule has 8 heteroatoms. The largest absolute Gasteiger partial charge is 0.467 e. The summed E-state index contributed by atoms with van der Waals surface area (Å²) >= 11 is 0. The van der Waals surface area contributed by atoms with Gasteiger partial charge in [0.05, 0.1) is 12.0 Å². The molecule has 0 bridgehead atoms. The van der Waals surface area contributed by atoms with Gasteiger partial charge in [0.2, 0.25) is 5.82 Å². The summed E-state index contributed by atoms with van der Waals surface area (Å²) in [4.78, 5) is 33.3. The topological polar surface area (TPSA) is 98.5 Å². The summed E-state index contributed by atoms with van der Waals surface area (Å²) in [5, 5.41) is 13.1. The fourth-order valence-electron chi connectivity index (χ4n) is 1.64. The Bertz CT molecular complexity index is 574. The SMILES string of the molecule is COC(=O)[C@@H](NC(=O)c1ccc(F)c([N+](=O)[O-])c1)C(C)C. The molecule has 0 aliphatic carbocycles. The van der Waals surface area contributed by atoms with E-state index < -0.39 is 34.3 Å². The number of carbonyl (C=O) groups excluding carboxylic acids is 2. The van der Waals surface area contributed by atoms with Gasteiger partial charge in [0.15, 0.2) is 0 Å². The van der Waals surface area contributed by atoms with Crippen molar-refractivity contribution in [3.63, 3.8) is 0 Å². The number of nitro groups is 1. The van der Waals surface area contributed by atoms with Gasteiger partial charge in [-0.2, -0.15) is 4.39 Å². The first-order valence-corrected chi connectivity index (χ1v) is 6.10. The molecule has 0 radical (unpaired) electrons. The predicted octanol–water partition coefficient (Wildman–Crippen LogP) is 1.66. The highest BCUT2D eigenvalue weighted by atomic mass is 19.1. The zero-order valence-electron chi connectivity index (χ0n) is 11.8. The molecule has 0 fully saturated rings. The monoisotopic (exact) mass is 298 g/mol. The van der Waals surface area contributed by atoms with Crippen LogP contribution in [0.15, 0.2) is 18.2 Å². The third kappa shape index (κ3) is 3.98. The van der Waals surface area contributed by atoms with Crippen LogP contribution in [-0.2, 0) is 9.53 Å². The number of carbonyl (C=O) groups is 2. The summed E-state index contributed by atoms with van der Waals surface area (Å²) in [6.45, 7) is 3.41. The summed E-state index contributed by atoms with van der Waals surface area (Å²) in [6, 6.07) is 1.85. The summed E-state index contributed by atoms with van der Waals surface area (Å²) in [7, 11) is 1.19. The second kappa shape index (κ2) is 6.78. The molecule has 1 rings (SSSR count). The predicted molar refractivity (Wildman–Crippen MR) is 71.2 cm³/mol. The van der Waals surface area contributed by atoms with Gasteiger partial charge in [0.25, 0.3) is 5.91 Å². The number of amides is 1. The first-order valence-electron chi connectivity index (χ1n) is 6.10. The van der Waals surface area contributed by atoms with Gasteiger partial charge in [-0.05, 0) is 18.1 Å². The lowest BCUT2D eigenvalue weighted by Crippen LogP contribution is -2.45. The minimum absolute atomic E-state index is 0.113. The number of nitrogens with one attached hydrogen (secondary N) is 1. The smallest absolute Gasteiger partial charge is 0.328 e. The average molecular weight is 298 g/mol. The number of rotatable bonds is 5. The van der Waals surface area contributed by atoms with Crippen molar-refractivity contribution in [3.05, 3.63) is 39.7 Å². The standard InChI is InChI=1S/C13H15FN2O5/c1-7(2)11(13(18)21-3)15-12(17)8-4-5-9(14)10(6-8)16(19)20/h4-7,11H,1-3H3,(H,15,17)/t11-/m0/s1. The zero-order valence-corrected chi connectivity index (χ0v) is 11.8. The van der Waals surface area contributed by atoms with Crippen LogP contribution in [0.4, 0.5) is 10.1 Å². The first-order chi connectivity index (χ1) is 9.77. The lowest BCUT2D eigenvalue weighted by Gasteiger charge is -2.19. The minimum atomic E-state index is -1.04. The van der Waals surface area contributed by atoms with E-state index in [9.17, 15) is 24.1 Å². The quantitative estimate of drug-likeness (QED) is 0.506. The molecule has 1 atom stereocenters. The summed E-state index contributed by atoms with van der Waals surface area (Å²) in [5.41, 5.74) is -0.917. The summed E-state index contributed by atoms with van der Waals surface area (Å²) < 4.78 is 17.8. The Kier molecular flexibility index (Phi) is 5.34. The molecule has 0 heterocycles. The van der Waals surface area contributed by atoms with Crippen molar-refractivity contribution in [2.45, 2.75) is 19.9 Å². The van der Waals surface area contributed by atoms with E-state index in [1.54, 1.807) is 13.8 Å². The molecule has 0 saturated carbocycles. The molecule has 1 aromatic carbocycles. The number of benzene rings is 1. The van der Waals surface area contributed by atoms with Crippen LogP contribution >= 0.6 is 0 Å². The number of esters is 1. The third-order valence-corrected chi connectivity index (χ3v) is 2.81. The number of methoxy groups -OCH3 is 1. The van der Waals surface area contributed by atoms with Crippen LogP contribution in [0.5, 0.6) is 0 Å². The molecule has 0 aromatic heterocycles. The van der Waals surface area contributed by atoms with Crippen LogP contribution in [0.2, 0.25) is 0 Å². The molecule has 1 N–H and O–H groups in total. The van der Waals surface area contributed by atoms with E-state index in [2.05, 4.69) is 10.1 Å². The average Bonchev–Trinajstić information content (AvgIpc) is 2.43. The van der Waals surface area contributed by atoms with Crippen LogP contribution < -0.4 is 5.32 Å². The van der Waals surface area contributed by atoms with Gasteiger partial charge in [-0.1, -0.05) is 13.8 Å². The molecule has 0 unspecified atom stereocenters. The highest BCUT2D eigenvalue weighted by Crippen LogP contribution is 2.18. The molecule has 0 saturated heterocycles. The maximum atomic E-state index is 13.2. The fraction of sp³-hybridized carbons (Fsp3) is 0.385. The van der Waals surface area contributed by atoms with Gasteiger partial charge in [-0.15, -0.1) is 0 Å². The number of halogens is 1. The maximum Gasteiger partial charge on any atom is 0.328 e. The van der Waals surface area contributed by atoms with Crippen LogP contribution in [-0.4, -0.2) is 30.0 Å². The van der Waals surface area contributed by atoms with E-state index in [-0.39, 0.29) is 11.5 Å². The van der Waals surface area contributed by atoms with Crippen molar-refractivity contribution in [2.24, 2.45) is 5.92 Å². The van der Waals surface area contributed by atoms with Crippen molar-refractivity contribution in [1.29, 1.82) is 0 Å². The number of nitro benzene ring substituents is 1. The zero-order chi connectivity index (χ0) is 16.2. The van der Waals surface area contributed by atoms with E-state index >= 15 is 0 Å². The molecule has 0 aliphatic rings. The van der Waals surface area contributed by atoms with Crippen molar-refractivity contribution in [3.8, 4) is 0 Å². The van der Waals surface area contributed by atoms with E-state index in [0.717, 1.165) is 18.2 Å². The Morgan fingerprint density at radius 2 is 2.00 bits per heavy atom. The molecule has 114 valence electrons. The molecule has 21 heavy (non-hydrogen) atoms. The van der Waals surface area contributed by atoms with Crippen LogP contribution in [0, 0.1) is 21.8 Å². The maximum absolute atomic E-state index is 13.2. The molecule has 0 spiro atoms. The normalized spacial score (nSPS) is 11.9. The highest BCUT2D eigenvalue weighted by Gasteiger charge is 2.26. The van der Waals surface area contributed by atoms with Crippen molar-refractivity contribution >= 4 is 17.6 Å². The van der Waals surface area contributed by atoms with Crippen molar-refractivity contribution in [1.82, 2.24) is 5.32 Å². The van der Waals surface area contributed by atoms with Gasteiger partial charge >= 0.3 is 11.7 Å². The minimum Gasteiger partial charge on any atom is -0.467 e. The van der Waals surface area contributed by atoms with E-state index in [1.807, 2.05) is 0 Å². The lowest BCUT2D eigenvalue weighted by atomic mass is 10.0. The first kappa shape index (κ1) is 16.5. The molecule has 1 amide bonds. The molecular formula is C13H15FN2O5.